The molecule has 0 amide bonds. The van der Waals surface area contributed by atoms with Crippen molar-refractivity contribution in [2.45, 2.75) is 131 Å². The van der Waals surface area contributed by atoms with Gasteiger partial charge in [-0.1, -0.05) is 122 Å². The number of rotatable bonds is 4. The van der Waals surface area contributed by atoms with Crippen molar-refractivity contribution in [3.8, 4) is 0 Å². The maximum Gasteiger partial charge on any atom is 2.00 e. The molecule has 0 aromatic rings. The quantitative estimate of drug-likeness (QED) is 0.278. The molecule has 5 heteroatoms. The topological polar surface area (TPSA) is 0 Å². The van der Waals surface area contributed by atoms with Crippen molar-refractivity contribution in [3.05, 3.63) is 23.3 Å². The van der Waals surface area contributed by atoms with Gasteiger partial charge in [-0.05, 0) is 60.6 Å². The molecule has 0 aliphatic carbocycles. The van der Waals surface area contributed by atoms with Gasteiger partial charge in [-0.2, -0.15) is 0 Å². The van der Waals surface area contributed by atoms with Crippen LogP contribution in [0.3, 0.4) is 0 Å². The first-order chi connectivity index (χ1) is 12.1. The Balaban J connectivity index is -0.000000133. The Labute approximate surface area is 223 Å². The molecule has 0 unspecified atom stereocenters. The number of hydrogen-bond donors (Lipinski definition) is 0. The summed E-state index contributed by atoms with van der Waals surface area (Å²) in [6.07, 6.45) is 7.35. The van der Waals surface area contributed by atoms with E-state index in [1.54, 1.807) is 0 Å². The first kappa shape index (κ1) is 42.6. The van der Waals surface area contributed by atoms with E-state index in [1.165, 1.54) is 23.5 Å². The van der Waals surface area contributed by atoms with Gasteiger partial charge >= 0.3 is 16.5 Å². The minimum atomic E-state index is 0. The van der Waals surface area contributed by atoms with Gasteiger partial charge in [-0.15, -0.1) is 0 Å². The molecule has 0 rings (SSSR count). The average molecular weight is 558 g/mol. The van der Waals surface area contributed by atoms with Crippen LogP contribution in [0.15, 0.2) is 23.3 Å². The number of allylic oxidation sites excluding steroid dienone is 4. The molecule has 0 spiro atoms. The maximum atomic E-state index is 2.40. The summed E-state index contributed by atoms with van der Waals surface area (Å²) >= 11 is 0. The number of halogens is 2. The minimum Gasteiger partial charge on any atom is -1.00 e. The van der Waals surface area contributed by atoms with Crippen LogP contribution in [0.25, 0.3) is 0 Å². The molecule has 0 saturated carbocycles. The fourth-order valence-corrected chi connectivity index (χ4v) is 11.0. The van der Waals surface area contributed by atoms with E-state index in [9.17, 15) is 0 Å². The van der Waals surface area contributed by atoms with Crippen LogP contribution < -0.4 is 24.8 Å². The van der Waals surface area contributed by atoms with Crippen molar-refractivity contribution in [3.63, 3.8) is 0 Å². The summed E-state index contributed by atoms with van der Waals surface area (Å²) in [6, 6.07) is 0. The Hall–Kier alpha value is 1.41. The van der Waals surface area contributed by atoms with Gasteiger partial charge in [0.05, 0.1) is 0 Å². The van der Waals surface area contributed by atoms with Crippen molar-refractivity contribution in [1.82, 2.24) is 0 Å². The van der Waals surface area contributed by atoms with Gasteiger partial charge in [-0.3, -0.25) is 0 Å². The van der Waals surface area contributed by atoms with Gasteiger partial charge in [0.1, 0.15) is 0 Å². The third-order valence-electron chi connectivity index (χ3n) is 4.60. The van der Waals surface area contributed by atoms with Gasteiger partial charge in [0, 0.05) is 0 Å². The summed E-state index contributed by atoms with van der Waals surface area (Å²) in [5.41, 5.74) is 2.90. The van der Waals surface area contributed by atoms with Crippen LogP contribution >= 0.6 is 15.8 Å². The zero-order valence-electron chi connectivity index (χ0n) is 23.5. The molecule has 0 aliphatic rings. The van der Waals surface area contributed by atoms with E-state index in [-0.39, 0.29) is 57.1 Å². The van der Waals surface area contributed by atoms with E-state index in [4.69, 9.17) is 0 Å². The molecule has 0 nitrogen and oxygen atoms in total. The van der Waals surface area contributed by atoms with Crippen LogP contribution in [0.1, 0.15) is 111 Å². The smallest absolute Gasteiger partial charge is 1.00 e. The van der Waals surface area contributed by atoms with E-state index in [0.717, 1.165) is 0 Å². The third kappa shape index (κ3) is 21.7. The first-order valence-corrected chi connectivity index (χ1v) is 14.0. The van der Waals surface area contributed by atoms with E-state index >= 15 is 0 Å². The van der Waals surface area contributed by atoms with Gasteiger partial charge in [0.15, 0.2) is 0 Å². The SMILES string of the molecule is CC(C)=CCP(C(C)(C)C)C(C)(C)C.CC(C)=CCP(C(C)(C)C)C(C)(C)C.[Cl-].[Cl-].[Ni+2]. The maximum absolute atomic E-state index is 2.40. The molecule has 0 saturated heterocycles. The third-order valence-corrected chi connectivity index (χ3v) is 12.2. The van der Waals surface area contributed by atoms with Crippen LogP contribution in [0.5, 0.6) is 0 Å². The zero-order chi connectivity index (χ0) is 23.1. The molecule has 0 aliphatic heterocycles. The van der Waals surface area contributed by atoms with E-state index < -0.39 is 0 Å². The van der Waals surface area contributed by atoms with Crippen molar-refractivity contribution in [2.24, 2.45) is 0 Å². The summed E-state index contributed by atoms with van der Waals surface area (Å²) in [7, 11) is 0.0967. The molecule has 0 N–H and O–H groups in total. The molecule has 0 heterocycles. The first-order valence-electron chi connectivity index (χ1n) is 10.9. The van der Waals surface area contributed by atoms with Crippen molar-refractivity contribution in [2.75, 3.05) is 12.3 Å². The predicted molar refractivity (Wildman–Crippen MR) is 141 cm³/mol. The van der Waals surface area contributed by atoms with Crippen LogP contribution in [-0.2, 0) is 16.5 Å². The molecule has 0 bridgehead atoms. The van der Waals surface area contributed by atoms with Gasteiger partial charge < -0.3 is 24.8 Å². The van der Waals surface area contributed by atoms with E-state index in [1.807, 2.05) is 0 Å². The van der Waals surface area contributed by atoms with Crippen LogP contribution in [-0.4, -0.2) is 32.9 Å². The largest absolute Gasteiger partial charge is 2.00 e. The standard InChI is InChI=1S/2C13H27P.2ClH.Ni/c2*1-11(2)9-10-14(12(3,4)5)13(6,7)8;;;/h2*9H,10H2,1-8H3;2*1H;/q;;;;+2/p-2. The zero-order valence-corrected chi connectivity index (χ0v) is 27.8. The van der Waals surface area contributed by atoms with Crippen molar-refractivity contribution in [1.29, 1.82) is 0 Å². The Morgan fingerprint density at radius 3 is 0.742 bits per heavy atom. The Bertz CT molecular complexity index is 429. The number of hydrogen-bond acceptors (Lipinski definition) is 0. The average Bonchev–Trinajstić information content (AvgIpc) is 2.31. The molecule has 0 aromatic heterocycles. The second-order valence-electron chi connectivity index (χ2n) is 12.5. The molecule has 0 fully saturated rings. The molecule has 31 heavy (non-hydrogen) atoms. The molecule has 0 radical (unpaired) electrons. The van der Waals surface area contributed by atoms with E-state index in [0.29, 0.717) is 20.6 Å². The van der Waals surface area contributed by atoms with Gasteiger partial charge in [-0.25, -0.2) is 0 Å². The summed E-state index contributed by atoms with van der Waals surface area (Å²) in [6.45, 7) is 37.3. The second-order valence-corrected chi connectivity index (χ2v) is 20.3. The molecule has 0 atom stereocenters. The fraction of sp³-hybridized carbons (Fsp3) is 0.846. The summed E-state index contributed by atoms with van der Waals surface area (Å²) in [4.78, 5) is 0. The van der Waals surface area contributed by atoms with Crippen molar-refractivity contribution < 1.29 is 41.3 Å². The molecular weight excluding hydrogens is 504 g/mol. The molecule has 0 aromatic carbocycles. The van der Waals surface area contributed by atoms with Crippen LogP contribution in [0.4, 0.5) is 0 Å². The van der Waals surface area contributed by atoms with Crippen molar-refractivity contribution >= 4 is 15.8 Å². The Morgan fingerprint density at radius 1 is 0.484 bits per heavy atom. The normalized spacial score (nSPS) is 11.9. The van der Waals surface area contributed by atoms with Gasteiger partial charge in [0.2, 0.25) is 0 Å². The molecular formula is C26H54Cl2NiP2. The van der Waals surface area contributed by atoms with E-state index in [2.05, 4.69) is 123 Å². The van der Waals surface area contributed by atoms with Gasteiger partial charge in [0.25, 0.3) is 0 Å². The Morgan fingerprint density at radius 2 is 0.645 bits per heavy atom. The monoisotopic (exact) mass is 556 g/mol. The van der Waals surface area contributed by atoms with Crippen LogP contribution in [0.2, 0.25) is 0 Å². The Kier molecular flexibility index (Phi) is 23.3. The van der Waals surface area contributed by atoms with Crippen LogP contribution in [0, 0.1) is 0 Å². The predicted octanol–water partition coefficient (Wildman–Crippen LogP) is 4.07. The second kappa shape index (κ2) is 16.9. The minimum absolute atomic E-state index is 0. The summed E-state index contributed by atoms with van der Waals surface area (Å²) < 4.78 is 0. The fourth-order valence-electron chi connectivity index (χ4n) is 3.66. The summed E-state index contributed by atoms with van der Waals surface area (Å²) in [5.74, 6) is 0. The molecule has 192 valence electrons. The summed E-state index contributed by atoms with van der Waals surface area (Å²) in [5, 5.41) is 1.83.